The predicted octanol–water partition coefficient (Wildman–Crippen LogP) is 1.97. The highest BCUT2D eigenvalue weighted by Gasteiger charge is 2.37. The molecule has 0 atom stereocenters. The van der Waals surface area contributed by atoms with Crippen LogP contribution in [0.5, 0.6) is 0 Å². The third-order valence-corrected chi connectivity index (χ3v) is 5.87. The summed E-state index contributed by atoms with van der Waals surface area (Å²) < 4.78 is 27.0. The van der Waals surface area contributed by atoms with Crippen LogP contribution in [0.2, 0.25) is 0 Å². The summed E-state index contributed by atoms with van der Waals surface area (Å²) in [6, 6.07) is 3.59. The molecule has 2 rings (SSSR count). The van der Waals surface area contributed by atoms with Gasteiger partial charge in [-0.1, -0.05) is 13.0 Å². The van der Waals surface area contributed by atoms with Crippen molar-refractivity contribution in [2.24, 2.45) is 0 Å². The number of hydrogen-bond acceptors (Lipinski definition) is 3. The number of nitrogens with zero attached hydrogens (tertiary/aromatic N) is 1. The Morgan fingerprint density at radius 2 is 1.95 bits per heavy atom. The van der Waals surface area contributed by atoms with E-state index in [4.69, 9.17) is 0 Å². The molecule has 1 aliphatic carbocycles. The van der Waals surface area contributed by atoms with Crippen molar-refractivity contribution in [2.75, 3.05) is 6.54 Å². The summed E-state index contributed by atoms with van der Waals surface area (Å²) in [6.07, 6.45) is 1.90. The molecule has 106 valence electrons. The third-order valence-electron chi connectivity index (χ3n) is 3.71. The number of sulfonamides is 1. The average Bonchev–Trinajstić information content (AvgIpc) is 3.17. The maximum atomic E-state index is 12.7. The van der Waals surface area contributed by atoms with Gasteiger partial charge in [-0.25, -0.2) is 8.42 Å². The van der Waals surface area contributed by atoms with Crippen LogP contribution in [-0.2, 0) is 16.6 Å². The highest BCUT2D eigenvalue weighted by atomic mass is 32.2. The van der Waals surface area contributed by atoms with Gasteiger partial charge in [0.2, 0.25) is 10.0 Å². The number of hydrogen-bond donors (Lipinski definition) is 1. The van der Waals surface area contributed by atoms with Gasteiger partial charge in [-0.2, -0.15) is 4.31 Å². The van der Waals surface area contributed by atoms with Gasteiger partial charge in [-0.3, -0.25) is 0 Å². The van der Waals surface area contributed by atoms with Crippen molar-refractivity contribution in [1.29, 1.82) is 0 Å². The normalized spacial score (nSPS) is 16.1. The zero-order chi connectivity index (χ0) is 14.2. The van der Waals surface area contributed by atoms with Crippen LogP contribution in [-0.4, -0.2) is 30.4 Å². The molecule has 19 heavy (non-hydrogen) atoms. The molecule has 0 bridgehead atoms. The van der Waals surface area contributed by atoms with Gasteiger partial charge < -0.3 is 5.11 Å². The van der Waals surface area contributed by atoms with Gasteiger partial charge in [0.15, 0.2) is 0 Å². The van der Waals surface area contributed by atoms with E-state index in [1.807, 2.05) is 26.8 Å². The number of aryl methyl sites for hydroxylation is 1. The lowest BCUT2D eigenvalue weighted by atomic mass is 10.1. The second kappa shape index (κ2) is 5.23. The Bertz CT molecular complexity index is 577. The van der Waals surface area contributed by atoms with Gasteiger partial charge in [0, 0.05) is 12.6 Å². The fourth-order valence-electron chi connectivity index (χ4n) is 2.37. The summed E-state index contributed by atoms with van der Waals surface area (Å²) in [4.78, 5) is 0.338. The number of aliphatic hydroxyl groups excluding tert-OH is 1. The lowest BCUT2D eigenvalue weighted by Gasteiger charge is -2.22. The minimum Gasteiger partial charge on any atom is -0.392 e. The van der Waals surface area contributed by atoms with Crippen LogP contribution in [0.15, 0.2) is 17.0 Å². The van der Waals surface area contributed by atoms with Crippen LogP contribution in [0.25, 0.3) is 0 Å². The minimum absolute atomic E-state index is 0.140. The van der Waals surface area contributed by atoms with E-state index in [-0.39, 0.29) is 12.6 Å². The van der Waals surface area contributed by atoms with Crippen molar-refractivity contribution in [3.63, 3.8) is 0 Å². The zero-order valence-electron chi connectivity index (χ0n) is 11.7. The second-order valence-electron chi connectivity index (χ2n) is 5.13. The standard InChI is InChI=1S/C14H21NO3S/c1-4-15(13-5-6-13)19(17,18)14-8-12(9-16)7-10(2)11(14)3/h7-8,13,16H,4-6,9H2,1-3H3. The molecule has 1 saturated carbocycles. The largest absolute Gasteiger partial charge is 0.392 e. The summed E-state index contributed by atoms with van der Waals surface area (Å²) in [5.74, 6) is 0. The molecule has 0 spiro atoms. The average molecular weight is 283 g/mol. The van der Waals surface area contributed by atoms with Crippen LogP contribution in [0, 0.1) is 13.8 Å². The predicted molar refractivity (Wildman–Crippen MR) is 74.4 cm³/mol. The van der Waals surface area contributed by atoms with Crippen LogP contribution < -0.4 is 0 Å². The lowest BCUT2D eigenvalue weighted by Crippen LogP contribution is -2.33. The van der Waals surface area contributed by atoms with Crippen molar-refractivity contribution in [3.05, 3.63) is 28.8 Å². The third kappa shape index (κ3) is 2.68. The quantitative estimate of drug-likeness (QED) is 0.899. The minimum atomic E-state index is -3.45. The smallest absolute Gasteiger partial charge is 0.243 e. The fourth-order valence-corrected chi connectivity index (χ4v) is 4.42. The summed E-state index contributed by atoms with van der Waals surface area (Å²) >= 11 is 0. The Hall–Kier alpha value is -0.910. The monoisotopic (exact) mass is 283 g/mol. The second-order valence-corrected chi connectivity index (χ2v) is 6.99. The Balaban J connectivity index is 2.53. The Morgan fingerprint density at radius 3 is 2.42 bits per heavy atom. The summed E-state index contributed by atoms with van der Waals surface area (Å²) in [7, 11) is -3.45. The SMILES string of the molecule is CCN(C1CC1)S(=O)(=O)c1cc(CO)cc(C)c1C. The van der Waals surface area contributed by atoms with E-state index < -0.39 is 10.0 Å². The van der Waals surface area contributed by atoms with E-state index in [1.165, 1.54) is 0 Å². The molecule has 0 unspecified atom stereocenters. The van der Waals surface area contributed by atoms with Crippen molar-refractivity contribution < 1.29 is 13.5 Å². The molecular formula is C14H21NO3S. The Labute approximate surface area is 115 Å². The van der Waals surface area contributed by atoms with E-state index in [0.29, 0.717) is 17.0 Å². The number of rotatable bonds is 5. The lowest BCUT2D eigenvalue weighted by molar-refractivity contribution is 0.281. The van der Waals surface area contributed by atoms with E-state index >= 15 is 0 Å². The highest BCUT2D eigenvalue weighted by molar-refractivity contribution is 7.89. The van der Waals surface area contributed by atoms with Crippen LogP contribution >= 0.6 is 0 Å². The van der Waals surface area contributed by atoms with Crippen molar-refractivity contribution in [2.45, 2.75) is 51.2 Å². The van der Waals surface area contributed by atoms with Gasteiger partial charge in [0.1, 0.15) is 0 Å². The Kier molecular flexibility index (Phi) is 3.99. The van der Waals surface area contributed by atoms with Gasteiger partial charge in [-0.15, -0.1) is 0 Å². The van der Waals surface area contributed by atoms with Gasteiger partial charge >= 0.3 is 0 Å². The topological polar surface area (TPSA) is 57.6 Å². The summed E-state index contributed by atoms with van der Waals surface area (Å²) in [5, 5.41) is 9.25. The first-order valence-electron chi connectivity index (χ1n) is 6.64. The maximum absolute atomic E-state index is 12.7. The fraction of sp³-hybridized carbons (Fsp3) is 0.571. The van der Waals surface area contributed by atoms with Gasteiger partial charge in [0.05, 0.1) is 11.5 Å². The summed E-state index contributed by atoms with van der Waals surface area (Å²) in [5.41, 5.74) is 2.32. The Morgan fingerprint density at radius 1 is 1.32 bits per heavy atom. The molecular weight excluding hydrogens is 262 g/mol. The molecule has 1 aromatic carbocycles. The molecule has 1 fully saturated rings. The molecule has 0 aliphatic heterocycles. The van der Waals surface area contributed by atoms with Crippen LogP contribution in [0.1, 0.15) is 36.5 Å². The molecule has 4 nitrogen and oxygen atoms in total. The molecule has 5 heteroatoms. The molecule has 0 aromatic heterocycles. The van der Waals surface area contributed by atoms with E-state index in [2.05, 4.69) is 0 Å². The maximum Gasteiger partial charge on any atom is 0.243 e. The first-order chi connectivity index (χ1) is 8.91. The molecule has 1 aliphatic rings. The highest BCUT2D eigenvalue weighted by Crippen LogP contribution is 2.33. The van der Waals surface area contributed by atoms with Gasteiger partial charge in [-0.05, 0) is 49.4 Å². The van der Waals surface area contributed by atoms with Crippen LogP contribution in [0.3, 0.4) is 0 Å². The van der Waals surface area contributed by atoms with Crippen molar-refractivity contribution >= 4 is 10.0 Å². The van der Waals surface area contributed by atoms with Gasteiger partial charge in [0.25, 0.3) is 0 Å². The molecule has 1 aromatic rings. The first-order valence-corrected chi connectivity index (χ1v) is 8.08. The van der Waals surface area contributed by atoms with Crippen molar-refractivity contribution in [1.82, 2.24) is 4.31 Å². The molecule has 0 heterocycles. The number of benzene rings is 1. The molecule has 0 amide bonds. The van der Waals surface area contributed by atoms with Crippen molar-refractivity contribution in [3.8, 4) is 0 Å². The molecule has 1 N–H and O–H groups in total. The van der Waals surface area contributed by atoms with Crippen LogP contribution in [0.4, 0.5) is 0 Å². The van der Waals surface area contributed by atoms with E-state index in [1.54, 1.807) is 10.4 Å². The molecule has 0 radical (unpaired) electrons. The van der Waals surface area contributed by atoms with E-state index in [9.17, 15) is 13.5 Å². The molecule has 0 saturated heterocycles. The number of aliphatic hydroxyl groups is 1. The summed E-state index contributed by atoms with van der Waals surface area (Å²) in [6.45, 7) is 5.92. The first kappa shape index (κ1) is 14.5. The zero-order valence-corrected chi connectivity index (χ0v) is 12.5. The van der Waals surface area contributed by atoms with E-state index in [0.717, 1.165) is 24.0 Å².